The number of nitrogens with zero attached hydrogens (tertiary/aromatic N) is 5. The molecule has 0 aliphatic carbocycles. The van der Waals surface area contributed by atoms with Crippen LogP contribution in [0.15, 0.2) is 45.7 Å². The van der Waals surface area contributed by atoms with Crippen molar-refractivity contribution in [1.82, 2.24) is 9.97 Å². The quantitative estimate of drug-likeness (QED) is 0.496. The van der Waals surface area contributed by atoms with E-state index in [1.165, 1.54) is 18.5 Å². The Morgan fingerprint density at radius 1 is 1.37 bits per heavy atom. The van der Waals surface area contributed by atoms with Crippen LogP contribution in [-0.2, 0) is 4.79 Å². The number of anilines is 2. The van der Waals surface area contributed by atoms with Gasteiger partial charge in [-0.1, -0.05) is 0 Å². The first-order valence-electron chi connectivity index (χ1n) is 9.16. The molecule has 0 saturated carbocycles. The second-order valence-corrected chi connectivity index (χ2v) is 6.66. The second kappa shape index (κ2) is 8.04. The Morgan fingerprint density at radius 3 is 2.83 bits per heavy atom. The first-order valence-corrected chi connectivity index (χ1v) is 9.16. The highest BCUT2D eigenvalue weighted by molar-refractivity contribution is 5.94. The Labute approximate surface area is 170 Å². The van der Waals surface area contributed by atoms with Crippen molar-refractivity contribution in [3.05, 3.63) is 52.7 Å². The van der Waals surface area contributed by atoms with Gasteiger partial charge in [-0.15, -0.1) is 0 Å². The van der Waals surface area contributed by atoms with Crippen molar-refractivity contribution in [3.63, 3.8) is 0 Å². The van der Waals surface area contributed by atoms with Crippen LogP contribution in [-0.4, -0.2) is 33.9 Å². The van der Waals surface area contributed by atoms with E-state index in [0.29, 0.717) is 37.6 Å². The van der Waals surface area contributed by atoms with Crippen molar-refractivity contribution < 1.29 is 18.6 Å². The highest BCUT2D eigenvalue weighted by Gasteiger charge is 2.30. The molecule has 0 radical (unpaired) electrons. The summed E-state index contributed by atoms with van der Waals surface area (Å²) in [6.45, 7) is 0.940. The van der Waals surface area contributed by atoms with E-state index < -0.39 is 4.92 Å². The predicted octanol–water partition coefficient (Wildman–Crippen LogP) is 2.96. The van der Waals surface area contributed by atoms with Gasteiger partial charge in [0.25, 0.3) is 5.89 Å². The van der Waals surface area contributed by atoms with Crippen molar-refractivity contribution in [2.45, 2.75) is 12.8 Å². The minimum absolute atomic E-state index is 0.118. The lowest BCUT2D eigenvalue weighted by Gasteiger charge is -2.30. The summed E-state index contributed by atoms with van der Waals surface area (Å²) in [5.41, 5.74) is 0.0123. The lowest BCUT2D eigenvalue weighted by atomic mass is 9.96. The third-order valence-corrected chi connectivity index (χ3v) is 4.85. The third-order valence-electron chi connectivity index (χ3n) is 4.85. The minimum atomic E-state index is -0.588. The van der Waals surface area contributed by atoms with Gasteiger partial charge in [-0.3, -0.25) is 19.9 Å². The Morgan fingerprint density at radius 2 is 2.17 bits per heavy atom. The van der Waals surface area contributed by atoms with E-state index in [2.05, 4.69) is 15.3 Å². The first-order chi connectivity index (χ1) is 14.6. The number of furan rings is 1. The van der Waals surface area contributed by atoms with Gasteiger partial charge in [0.05, 0.1) is 11.2 Å². The van der Waals surface area contributed by atoms with E-state index in [1.807, 2.05) is 11.0 Å². The van der Waals surface area contributed by atoms with Crippen molar-refractivity contribution in [2.75, 3.05) is 23.3 Å². The molecule has 11 heteroatoms. The van der Waals surface area contributed by atoms with Crippen LogP contribution in [0.3, 0.4) is 0 Å². The zero-order valence-corrected chi connectivity index (χ0v) is 15.6. The fourth-order valence-corrected chi connectivity index (χ4v) is 3.32. The molecule has 0 aromatic carbocycles. The van der Waals surface area contributed by atoms with Crippen LogP contribution in [0.2, 0.25) is 0 Å². The molecule has 4 heterocycles. The number of pyridine rings is 1. The van der Waals surface area contributed by atoms with E-state index in [1.54, 1.807) is 12.1 Å². The molecule has 1 fully saturated rings. The standard InChI is InChI=1S/C19H16N6O5/c20-10-14-19(30-18(23-14)16-2-1-9-29-16)24-7-4-12(5-8-24)17(26)22-13-3-6-21-11-15(13)25(27)28/h1-3,6,9,11-12H,4-5,7-8H2,(H,21,22,26). The van der Waals surface area contributed by atoms with Gasteiger partial charge in [0, 0.05) is 25.2 Å². The summed E-state index contributed by atoms with van der Waals surface area (Å²) in [6, 6.07) is 6.80. The first kappa shape index (κ1) is 19.1. The summed E-state index contributed by atoms with van der Waals surface area (Å²) in [6.07, 6.45) is 4.96. The second-order valence-electron chi connectivity index (χ2n) is 6.66. The zero-order chi connectivity index (χ0) is 21.1. The maximum absolute atomic E-state index is 12.6. The maximum Gasteiger partial charge on any atom is 0.310 e. The molecule has 3 aromatic rings. The topological polar surface area (TPSA) is 151 Å². The van der Waals surface area contributed by atoms with Gasteiger partial charge in [-0.05, 0) is 31.0 Å². The Bertz CT molecular complexity index is 1110. The molecule has 0 spiro atoms. The monoisotopic (exact) mass is 408 g/mol. The van der Waals surface area contributed by atoms with Crippen LogP contribution < -0.4 is 10.2 Å². The van der Waals surface area contributed by atoms with Gasteiger partial charge in [-0.25, -0.2) is 0 Å². The fraction of sp³-hybridized carbons (Fsp3) is 0.263. The number of piperidine rings is 1. The van der Waals surface area contributed by atoms with Crippen LogP contribution in [0.4, 0.5) is 17.3 Å². The van der Waals surface area contributed by atoms with Crippen molar-refractivity contribution in [3.8, 4) is 17.7 Å². The van der Waals surface area contributed by atoms with Crippen molar-refractivity contribution in [1.29, 1.82) is 5.26 Å². The van der Waals surface area contributed by atoms with Gasteiger partial charge >= 0.3 is 5.69 Å². The summed E-state index contributed by atoms with van der Waals surface area (Å²) in [7, 11) is 0. The molecule has 152 valence electrons. The van der Waals surface area contributed by atoms with Crippen LogP contribution >= 0.6 is 0 Å². The molecule has 11 nitrogen and oxygen atoms in total. The number of carbonyl (C=O) groups is 1. The summed E-state index contributed by atoms with van der Waals surface area (Å²) in [5.74, 6) is 0.361. The molecule has 0 atom stereocenters. The van der Waals surface area contributed by atoms with E-state index in [4.69, 9.17) is 8.83 Å². The molecule has 30 heavy (non-hydrogen) atoms. The smallest absolute Gasteiger partial charge is 0.310 e. The third kappa shape index (κ3) is 3.70. The fourth-order valence-electron chi connectivity index (χ4n) is 3.32. The molecule has 1 saturated heterocycles. The molecule has 1 amide bonds. The normalized spacial score (nSPS) is 14.3. The highest BCUT2D eigenvalue weighted by Crippen LogP contribution is 2.32. The molecule has 0 bridgehead atoms. The predicted molar refractivity (Wildman–Crippen MR) is 103 cm³/mol. The number of amides is 1. The van der Waals surface area contributed by atoms with Crippen LogP contribution in [0.5, 0.6) is 0 Å². The number of hydrogen-bond acceptors (Lipinski definition) is 9. The van der Waals surface area contributed by atoms with Gasteiger partial charge in [0.2, 0.25) is 17.5 Å². The minimum Gasteiger partial charge on any atom is -0.459 e. The van der Waals surface area contributed by atoms with Gasteiger partial charge in [0.15, 0.2) is 5.76 Å². The van der Waals surface area contributed by atoms with E-state index >= 15 is 0 Å². The lowest BCUT2D eigenvalue weighted by molar-refractivity contribution is -0.384. The maximum atomic E-state index is 12.6. The number of carbonyl (C=O) groups excluding carboxylic acids is 1. The number of oxazole rings is 1. The number of aromatic nitrogens is 2. The molecule has 0 unspecified atom stereocenters. The van der Waals surface area contributed by atoms with Crippen LogP contribution in [0.1, 0.15) is 18.5 Å². The Balaban J connectivity index is 1.43. The number of nitriles is 1. The molecular formula is C19H16N6O5. The summed E-state index contributed by atoms with van der Waals surface area (Å²) in [4.78, 5) is 32.8. The lowest BCUT2D eigenvalue weighted by Crippen LogP contribution is -2.38. The molecular weight excluding hydrogens is 392 g/mol. The van der Waals surface area contributed by atoms with Crippen LogP contribution in [0, 0.1) is 27.4 Å². The number of nitrogens with one attached hydrogen (secondary N) is 1. The number of rotatable bonds is 5. The van der Waals surface area contributed by atoms with Crippen molar-refractivity contribution in [2.24, 2.45) is 5.92 Å². The average molecular weight is 408 g/mol. The van der Waals surface area contributed by atoms with Gasteiger partial charge in [-0.2, -0.15) is 10.2 Å². The van der Waals surface area contributed by atoms with Crippen molar-refractivity contribution >= 4 is 23.2 Å². The molecule has 1 aliphatic rings. The highest BCUT2D eigenvalue weighted by atomic mass is 16.6. The molecule has 4 rings (SSSR count). The SMILES string of the molecule is N#Cc1nc(-c2ccco2)oc1N1CCC(C(=O)Nc2ccncc2[N+](=O)[O-])CC1. The average Bonchev–Trinajstić information content (AvgIpc) is 3.44. The van der Waals surface area contributed by atoms with E-state index in [-0.39, 0.29) is 34.8 Å². The summed E-state index contributed by atoms with van der Waals surface area (Å²) < 4.78 is 11.0. The van der Waals surface area contributed by atoms with E-state index in [9.17, 15) is 20.2 Å². The largest absolute Gasteiger partial charge is 0.459 e. The number of hydrogen-bond donors (Lipinski definition) is 1. The zero-order valence-electron chi connectivity index (χ0n) is 15.6. The summed E-state index contributed by atoms with van der Waals surface area (Å²) in [5, 5.41) is 23.1. The molecule has 3 aromatic heterocycles. The summed E-state index contributed by atoms with van der Waals surface area (Å²) >= 11 is 0. The van der Waals surface area contributed by atoms with E-state index in [0.717, 1.165) is 6.20 Å². The van der Waals surface area contributed by atoms with Crippen LogP contribution in [0.25, 0.3) is 11.7 Å². The van der Waals surface area contributed by atoms with Gasteiger partial charge < -0.3 is 19.1 Å². The Kier molecular flexibility index (Phi) is 5.13. The molecule has 1 N–H and O–H groups in total. The van der Waals surface area contributed by atoms with Gasteiger partial charge in [0.1, 0.15) is 18.0 Å². The number of nitro groups is 1. The Hall–Kier alpha value is -4.20. The molecule has 1 aliphatic heterocycles.